The van der Waals surface area contributed by atoms with Crippen LogP contribution < -0.4 is 0 Å². The molecule has 2 aromatic rings. The zero-order valence-corrected chi connectivity index (χ0v) is 17.2. The van der Waals surface area contributed by atoms with Gasteiger partial charge >= 0.3 is 0 Å². The van der Waals surface area contributed by atoms with E-state index < -0.39 is 0 Å². The van der Waals surface area contributed by atoms with Gasteiger partial charge in [0, 0.05) is 39.3 Å². The van der Waals surface area contributed by atoms with Crippen molar-refractivity contribution in [1.29, 1.82) is 0 Å². The van der Waals surface area contributed by atoms with Crippen LogP contribution >= 0.6 is 0 Å². The van der Waals surface area contributed by atoms with Gasteiger partial charge in [-0.1, -0.05) is 30.3 Å². The van der Waals surface area contributed by atoms with Crippen LogP contribution in [0.1, 0.15) is 30.7 Å². The first kappa shape index (κ1) is 20.3. The smallest absolute Gasteiger partial charge is 0.246 e. The number of carbonyl (C=O) groups excluding carboxylic acids is 2. The molecule has 158 valence electrons. The van der Waals surface area contributed by atoms with Gasteiger partial charge in [0.1, 0.15) is 6.33 Å². The standard InChI is InChI=1S/C22H27N5O3/c1-30-13-5-11-25-16-23-24-20(25)15-27-18-10-12-26(19(18)14-22(27)29)21(28)9-8-17-6-3-2-4-7-17/h2-4,6-9,16,18-19H,5,10-15H2,1H3/b9-8+/t18-,19-/m0/s1. The van der Waals surface area contributed by atoms with Gasteiger partial charge in [-0.25, -0.2) is 0 Å². The van der Waals surface area contributed by atoms with Crippen LogP contribution in [0, 0.1) is 0 Å². The number of hydrogen-bond acceptors (Lipinski definition) is 5. The molecule has 0 bridgehead atoms. The van der Waals surface area contributed by atoms with Crippen molar-refractivity contribution < 1.29 is 14.3 Å². The number of aryl methyl sites for hydroxylation is 1. The number of ether oxygens (including phenoxy) is 1. The first-order valence-electron chi connectivity index (χ1n) is 10.4. The summed E-state index contributed by atoms with van der Waals surface area (Å²) in [5.74, 6) is 0.804. The molecular weight excluding hydrogens is 382 g/mol. The van der Waals surface area contributed by atoms with Gasteiger partial charge in [-0.3, -0.25) is 9.59 Å². The highest BCUT2D eigenvalue weighted by atomic mass is 16.5. The van der Waals surface area contributed by atoms with E-state index in [0.29, 0.717) is 26.1 Å². The van der Waals surface area contributed by atoms with E-state index in [1.807, 2.05) is 50.8 Å². The number of fused-ring (bicyclic) bond motifs is 1. The number of carbonyl (C=O) groups is 2. The first-order chi connectivity index (χ1) is 14.7. The second-order valence-corrected chi connectivity index (χ2v) is 7.71. The third kappa shape index (κ3) is 4.28. The normalized spacial score (nSPS) is 21.0. The number of methoxy groups -OCH3 is 1. The Morgan fingerprint density at radius 3 is 2.90 bits per heavy atom. The minimum atomic E-state index is -0.0738. The van der Waals surface area contributed by atoms with E-state index in [9.17, 15) is 9.59 Å². The summed E-state index contributed by atoms with van der Waals surface area (Å²) in [5, 5.41) is 8.22. The van der Waals surface area contributed by atoms with E-state index in [0.717, 1.165) is 30.8 Å². The molecule has 30 heavy (non-hydrogen) atoms. The van der Waals surface area contributed by atoms with Crippen LogP contribution in [0.15, 0.2) is 42.7 Å². The summed E-state index contributed by atoms with van der Waals surface area (Å²) < 4.78 is 7.08. The maximum absolute atomic E-state index is 12.8. The monoisotopic (exact) mass is 409 g/mol. The lowest BCUT2D eigenvalue weighted by Crippen LogP contribution is -2.39. The van der Waals surface area contributed by atoms with Crippen LogP contribution in [0.2, 0.25) is 0 Å². The van der Waals surface area contributed by atoms with Crippen LogP contribution in [-0.2, 0) is 27.4 Å². The van der Waals surface area contributed by atoms with Crippen molar-refractivity contribution in [3.8, 4) is 0 Å². The first-order valence-corrected chi connectivity index (χ1v) is 10.4. The summed E-state index contributed by atoms with van der Waals surface area (Å²) in [7, 11) is 1.68. The lowest BCUT2D eigenvalue weighted by molar-refractivity contribution is -0.130. The molecule has 8 nitrogen and oxygen atoms in total. The summed E-state index contributed by atoms with van der Waals surface area (Å²) in [4.78, 5) is 29.2. The van der Waals surface area contributed by atoms with E-state index >= 15 is 0 Å². The van der Waals surface area contributed by atoms with Crippen molar-refractivity contribution in [2.24, 2.45) is 0 Å². The van der Waals surface area contributed by atoms with Crippen molar-refractivity contribution in [2.45, 2.75) is 44.4 Å². The Balaban J connectivity index is 1.40. The number of nitrogens with zero attached hydrogens (tertiary/aromatic N) is 5. The summed E-state index contributed by atoms with van der Waals surface area (Å²) in [6, 6.07) is 9.71. The summed E-state index contributed by atoms with van der Waals surface area (Å²) >= 11 is 0. The highest BCUT2D eigenvalue weighted by Crippen LogP contribution is 2.33. The number of aromatic nitrogens is 3. The zero-order chi connectivity index (χ0) is 20.9. The molecule has 2 fully saturated rings. The van der Waals surface area contributed by atoms with Crippen molar-refractivity contribution in [1.82, 2.24) is 24.6 Å². The lowest BCUT2D eigenvalue weighted by atomic mass is 10.1. The van der Waals surface area contributed by atoms with E-state index in [2.05, 4.69) is 10.2 Å². The van der Waals surface area contributed by atoms with Crippen molar-refractivity contribution in [3.05, 3.63) is 54.1 Å². The Kier molecular flexibility index (Phi) is 6.23. The van der Waals surface area contributed by atoms with Gasteiger partial charge in [0.15, 0.2) is 5.82 Å². The average Bonchev–Trinajstić information content (AvgIpc) is 3.45. The quantitative estimate of drug-likeness (QED) is 0.490. The van der Waals surface area contributed by atoms with E-state index in [1.54, 1.807) is 19.5 Å². The molecule has 2 aliphatic heterocycles. The molecule has 0 N–H and O–H groups in total. The Bertz CT molecular complexity index is 911. The molecule has 0 unspecified atom stereocenters. The van der Waals surface area contributed by atoms with Gasteiger partial charge in [0.25, 0.3) is 0 Å². The van der Waals surface area contributed by atoms with Gasteiger partial charge in [-0.05, 0) is 24.5 Å². The third-order valence-electron chi connectivity index (χ3n) is 5.87. The molecule has 0 aliphatic carbocycles. The van der Waals surface area contributed by atoms with Crippen LogP contribution in [0.25, 0.3) is 6.08 Å². The second-order valence-electron chi connectivity index (χ2n) is 7.71. The van der Waals surface area contributed by atoms with Crippen LogP contribution in [0.3, 0.4) is 0 Å². The molecule has 4 rings (SSSR count). The largest absolute Gasteiger partial charge is 0.385 e. The van der Waals surface area contributed by atoms with E-state index in [-0.39, 0.29) is 23.9 Å². The molecule has 2 saturated heterocycles. The molecule has 1 aromatic heterocycles. The minimum absolute atomic E-state index is 0.0377. The van der Waals surface area contributed by atoms with Crippen LogP contribution in [-0.4, -0.2) is 68.7 Å². The van der Waals surface area contributed by atoms with Crippen molar-refractivity contribution in [2.75, 3.05) is 20.3 Å². The fourth-order valence-corrected chi connectivity index (χ4v) is 4.35. The third-order valence-corrected chi connectivity index (χ3v) is 5.87. The average molecular weight is 409 g/mol. The predicted molar refractivity (Wildman–Crippen MR) is 111 cm³/mol. The molecule has 2 aliphatic rings. The van der Waals surface area contributed by atoms with Gasteiger partial charge in [-0.15, -0.1) is 10.2 Å². The van der Waals surface area contributed by atoms with Gasteiger partial charge in [0.05, 0.1) is 18.6 Å². The molecule has 0 saturated carbocycles. The second kappa shape index (κ2) is 9.21. The molecule has 2 amide bonds. The Hall–Kier alpha value is -3.00. The highest BCUT2D eigenvalue weighted by molar-refractivity contribution is 5.93. The molecule has 1 aromatic carbocycles. The van der Waals surface area contributed by atoms with Gasteiger partial charge < -0.3 is 19.1 Å². The number of benzene rings is 1. The van der Waals surface area contributed by atoms with E-state index in [4.69, 9.17) is 4.74 Å². The van der Waals surface area contributed by atoms with Crippen molar-refractivity contribution >= 4 is 17.9 Å². The summed E-state index contributed by atoms with van der Waals surface area (Å²) in [5.41, 5.74) is 0.985. The lowest BCUT2D eigenvalue weighted by Gasteiger charge is -2.24. The predicted octanol–water partition coefficient (Wildman–Crippen LogP) is 1.73. The minimum Gasteiger partial charge on any atom is -0.385 e. The fraction of sp³-hybridized carbons (Fsp3) is 0.455. The number of amides is 2. The molecule has 8 heteroatoms. The number of hydrogen-bond donors (Lipinski definition) is 0. The zero-order valence-electron chi connectivity index (χ0n) is 17.2. The maximum Gasteiger partial charge on any atom is 0.246 e. The van der Waals surface area contributed by atoms with Gasteiger partial charge in [0.2, 0.25) is 11.8 Å². The summed E-state index contributed by atoms with van der Waals surface area (Å²) in [6.45, 7) is 2.51. The Morgan fingerprint density at radius 2 is 2.10 bits per heavy atom. The number of likely N-dealkylation sites (tertiary alicyclic amines) is 2. The molecule has 0 spiro atoms. The van der Waals surface area contributed by atoms with Crippen LogP contribution in [0.4, 0.5) is 0 Å². The van der Waals surface area contributed by atoms with E-state index in [1.165, 1.54) is 0 Å². The highest BCUT2D eigenvalue weighted by Gasteiger charge is 2.48. The SMILES string of the molecule is COCCCn1cnnc1CN1C(=O)C[C@H]2[C@@H]1CCN2C(=O)/C=C/c1ccccc1. The maximum atomic E-state index is 12.8. The Labute approximate surface area is 176 Å². The summed E-state index contributed by atoms with van der Waals surface area (Å²) in [6.07, 6.45) is 7.15. The molecular formula is C22H27N5O3. The van der Waals surface area contributed by atoms with Crippen molar-refractivity contribution in [3.63, 3.8) is 0 Å². The number of rotatable bonds is 8. The molecule has 0 radical (unpaired) electrons. The Morgan fingerprint density at radius 1 is 1.27 bits per heavy atom. The fourth-order valence-electron chi connectivity index (χ4n) is 4.35. The molecule has 3 heterocycles. The molecule has 2 atom stereocenters. The van der Waals surface area contributed by atoms with Crippen LogP contribution in [0.5, 0.6) is 0 Å². The topological polar surface area (TPSA) is 80.6 Å². The van der Waals surface area contributed by atoms with Gasteiger partial charge in [-0.2, -0.15) is 0 Å².